The van der Waals surface area contributed by atoms with Crippen molar-refractivity contribution in [2.45, 2.75) is 77.8 Å². The lowest BCUT2D eigenvalue weighted by molar-refractivity contribution is -0.141. The van der Waals surface area contributed by atoms with Crippen LogP contribution < -0.4 is 0 Å². The minimum absolute atomic E-state index is 0.0536. The molecular formula is C30H32F5N5. The van der Waals surface area contributed by atoms with Crippen LogP contribution in [0.3, 0.4) is 0 Å². The Balaban J connectivity index is 1.94. The first-order chi connectivity index (χ1) is 18.3. The number of rotatable bonds is 4. The normalized spacial score (nSPS) is 13.1. The molecule has 0 unspecified atom stereocenters. The van der Waals surface area contributed by atoms with Crippen molar-refractivity contribution < 1.29 is 22.0 Å². The zero-order chi connectivity index (χ0) is 29.8. The molecule has 40 heavy (non-hydrogen) atoms. The van der Waals surface area contributed by atoms with Gasteiger partial charge in [-0.05, 0) is 78.3 Å². The van der Waals surface area contributed by atoms with Crippen LogP contribution in [0.5, 0.6) is 0 Å². The molecule has 4 aromatic heterocycles. The predicted octanol–water partition coefficient (Wildman–Crippen LogP) is 7.94. The van der Waals surface area contributed by atoms with E-state index in [0.29, 0.717) is 11.4 Å². The van der Waals surface area contributed by atoms with Gasteiger partial charge < -0.3 is 0 Å². The topological polar surface area (TPSA) is 56.5 Å². The molecule has 212 valence electrons. The summed E-state index contributed by atoms with van der Waals surface area (Å²) < 4.78 is 69.2. The predicted molar refractivity (Wildman–Crippen MR) is 143 cm³/mol. The Morgan fingerprint density at radius 3 is 1.75 bits per heavy atom. The molecule has 0 amide bonds. The molecule has 4 rings (SSSR count). The fraction of sp³-hybridized carbons (Fsp3) is 0.400. The van der Waals surface area contributed by atoms with Crippen molar-refractivity contribution in [1.82, 2.24) is 24.7 Å². The maximum atomic E-state index is 14.7. The number of hydrogen-bond donors (Lipinski definition) is 0. The number of alkyl halides is 3. The third-order valence-corrected chi connectivity index (χ3v) is 6.85. The smallest absolute Gasteiger partial charge is 0.252 e. The number of hydrogen-bond acceptors (Lipinski definition) is 4. The average Bonchev–Trinajstić information content (AvgIpc) is 3.34. The van der Waals surface area contributed by atoms with Crippen LogP contribution in [0.15, 0.2) is 48.7 Å². The maximum Gasteiger partial charge on any atom is 0.435 e. The van der Waals surface area contributed by atoms with E-state index >= 15 is 0 Å². The Labute approximate surface area is 230 Å². The minimum Gasteiger partial charge on any atom is -0.252 e. The monoisotopic (exact) mass is 557 g/mol. The standard InChI is InChI=1S/C30H32F5N5/c1-27(2,3)17-13-20(19-9-10-24(31)38-26(19)32)36-22(14-17)29(7,8)23-15-18(28(4,5)6)16-25(37-23)40-12-11-21(39-40)30(33,34)35/h9-16H,1-8H3. The highest BCUT2D eigenvalue weighted by molar-refractivity contribution is 5.61. The Kier molecular flexibility index (Phi) is 7.14. The van der Waals surface area contributed by atoms with Crippen LogP contribution in [0.2, 0.25) is 0 Å². The molecule has 0 atom stereocenters. The molecule has 0 aromatic carbocycles. The molecule has 0 saturated carbocycles. The van der Waals surface area contributed by atoms with Crippen LogP contribution in [0, 0.1) is 11.9 Å². The number of pyridine rings is 3. The van der Waals surface area contributed by atoms with E-state index in [1.807, 2.05) is 67.5 Å². The van der Waals surface area contributed by atoms with Crippen molar-refractivity contribution >= 4 is 0 Å². The van der Waals surface area contributed by atoms with Gasteiger partial charge in [0.05, 0.1) is 22.6 Å². The highest BCUT2D eigenvalue weighted by atomic mass is 19.4. The molecule has 0 aliphatic rings. The Morgan fingerprint density at radius 2 is 1.23 bits per heavy atom. The van der Waals surface area contributed by atoms with E-state index in [4.69, 9.17) is 9.97 Å². The van der Waals surface area contributed by atoms with E-state index in [9.17, 15) is 22.0 Å². The van der Waals surface area contributed by atoms with E-state index in [1.54, 1.807) is 12.1 Å². The molecule has 0 radical (unpaired) electrons. The van der Waals surface area contributed by atoms with Gasteiger partial charge in [0.25, 0.3) is 0 Å². The van der Waals surface area contributed by atoms with E-state index in [2.05, 4.69) is 10.1 Å². The highest BCUT2D eigenvalue weighted by Gasteiger charge is 2.35. The van der Waals surface area contributed by atoms with E-state index in [-0.39, 0.29) is 27.9 Å². The lowest BCUT2D eigenvalue weighted by Gasteiger charge is -2.30. The number of halogens is 5. The molecule has 4 heterocycles. The fourth-order valence-corrected chi connectivity index (χ4v) is 4.15. The van der Waals surface area contributed by atoms with E-state index < -0.39 is 29.2 Å². The SMILES string of the molecule is CC(C)(C)c1cc(-c2ccc(F)nc2F)nc(C(C)(C)c2cc(C(C)(C)C)cc(-n3ccc(C(F)(F)F)n3)n2)c1. The molecule has 0 spiro atoms. The summed E-state index contributed by atoms with van der Waals surface area (Å²) in [6.45, 7) is 15.8. The van der Waals surface area contributed by atoms with Crippen LogP contribution in [0.4, 0.5) is 22.0 Å². The van der Waals surface area contributed by atoms with Gasteiger partial charge in [-0.1, -0.05) is 41.5 Å². The summed E-state index contributed by atoms with van der Waals surface area (Å²) in [5.41, 5.74) is 0.530. The molecule has 0 saturated heterocycles. The second-order valence-corrected chi connectivity index (χ2v) is 12.5. The first-order valence-electron chi connectivity index (χ1n) is 12.8. The summed E-state index contributed by atoms with van der Waals surface area (Å²) in [6.07, 6.45) is -3.36. The van der Waals surface area contributed by atoms with Gasteiger partial charge in [0.2, 0.25) is 11.9 Å². The molecule has 0 N–H and O–H groups in total. The molecule has 10 heteroatoms. The van der Waals surface area contributed by atoms with Crippen molar-refractivity contribution in [2.24, 2.45) is 0 Å². The quantitative estimate of drug-likeness (QED) is 0.189. The summed E-state index contributed by atoms with van der Waals surface area (Å²) in [4.78, 5) is 12.8. The lowest BCUT2D eigenvalue weighted by atomic mass is 9.78. The van der Waals surface area contributed by atoms with Gasteiger partial charge in [-0.3, -0.25) is 4.98 Å². The van der Waals surface area contributed by atoms with Gasteiger partial charge in [-0.25, -0.2) is 9.67 Å². The minimum atomic E-state index is -4.59. The molecule has 0 bridgehead atoms. The van der Waals surface area contributed by atoms with Crippen LogP contribution in [0.1, 0.15) is 83.6 Å². The molecule has 0 aliphatic carbocycles. The van der Waals surface area contributed by atoms with Gasteiger partial charge in [-0.2, -0.15) is 32.0 Å². The van der Waals surface area contributed by atoms with Gasteiger partial charge in [-0.15, -0.1) is 0 Å². The number of nitrogens with zero attached hydrogens (tertiary/aromatic N) is 5. The highest BCUT2D eigenvalue weighted by Crippen LogP contribution is 2.37. The van der Waals surface area contributed by atoms with Crippen molar-refractivity contribution in [1.29, 1.82) is 0 Å². The van der Waals surface area contributed by atoms with Crippen LogP contribution in [0.25, 0.3) is 17.1 Å². The summed E-state index contributed by atoms with van der Waals surface area (Å²) in [6, 6.07) is 10.6. The average molecular weight is 558 g/mol. The lowest BCUT2D eigenvalue weighted by Crippen LogP contribution is -2.26. The zero-order valence-electron chi connectivity index (χ0n) is 23.7. The number of aromatic nitrogens is 5. The summed E-state index contributed by atoms with van der Waals surface area (Å²) in [7, 11) is 0. The van der Waals surface area contributed by atoms with Gasteiger partial charge in [0.1, 0.15) is 0 Å². The van der Waals surface area contributed by atoms with Crippen LogP contribution in [-0.2, 0) is 22.4 Å². The second-order valence-electron chi connectivity index (χ2n) is 12.5. The first-order valence-corrected chi connectivity index (χ1v) is 12.8. The molecule has 5 nitrogen and oxygen atoms in total. The van der Waals surface area contributed by atoms with Gasteiger partial charge in [0, 0.05) is 11.6 Å². The molecular weight excluding hydrogens is 525 g/mol. The van der Waals surface area contributed by atoms with Gasteiger partial charge >= 0.3 is 6.18 Å². The van der Waals surface area contributed by atoms with Gasteiger partial charge in [0.15, 0.2) is 11.5 Å². The fourth-order valence-electron chi connectivity index (χ4n) is 4.15. The molecule has 0 fully saturated rings. The van der Waals surface area contributed by atoms with E-state index in [1.165, 1.54) is 12.3 Å². The first kappa shape index (κ1) is 29.3. The van der Waals surface area contributed by atoms with Crippen molar-refractivity contribution in [2.75, 3.05) is 0 Å². The Bertz CT molecular complexity index is 1560. The second kappa shape index (κ2) is 9.74. The van der Waals surface area contributed by atoms with Crippen molar-refractivity contribution in [3.63, 3.8) is 0 Å². The van der Waals surface area contributed by atoms with Crippen LogP contribution in [-0.4, -0.2) is 24.7 Å². The summed E-state index contributed by atoms with van der Waals surface area (Å²) >= 11 is 0. The third kappa shape index (κ3) is 5.90. The van der Waals surface area contributed by atoms with Crippen molar-refractivity contribution in [3.8, 4) is 17.1 Å². The van der Waals surface area contributed by atoms with Crippen LogP contribution >= 0.6 is 0 Å². The molecule has 0 aliphatic heterocycles. The Hall–Kier alpha value is -3.69. The maximum absolute atomic E-state index is 14.7. The Morgan fingerprint density at radius 1 is 0.650 bits per heavy atom. The van der Waals surface area contributed by atoms with E-state index in [0.717, 1.165) is 27.9 Å². The zero-order valence-corrected chi connectivity index (χ0v) is 23.7. The summed E-state index contributed by atoms with van der Waals surface area (Å²) in [5, 5.41) is 3.72. The summed E-state index contributed by atoms with van der Waals surface area (Å²) in [5.74, 6) is -1.68. The van der Waals surface area contributed by atoms with Crippen molar-refractivity contribution in [3.05, 3.63) is 88.8 Å². The third-order valence-electron chi connectivity index (χ3n) is 6.85. The largest absolute Gasteiger partial charge is 0.435 e. The molecule has 4 aromatic rings.